The van der Waals surface area contributed by atoms with Crippen molar-refractivity contribution in [1.29, 1.82) is 0 Å². The topological polar surface area (TPSA) is 0 Å². The van der Waals surface area contributed by atoms with E-state index in [1.165, 1.54) is 0 Å². The molecule has 0 aliphatic heterocycles. The first-order chi connectivity index (χ1) is 6.27. The van der Waals surface area contributed by atoms with Crippen LogP contribution in [0, 0.1) is 11.3 Å². The zero-order valence-electron chi connectivity index (χ0n) is 8.88. The maximum atomic E-state index is 5.45. The predicted molar refractivity (Wildman–Crippen MR) is 74.5 cm³/mol. The maximum Gasteiger partial charge on any atom is 0.0577 e. The molecule has 0 heterocycles. The highest BCUT2D eigenvalue weighted by Gasteiger charge is 2.36. The molecule has 0 radical (unpaired) electrons. The van der Waals surface area contributed by atoms with Gasteiger partial charge in [-0.15, -0.1) is 0 Å². The van der Waals surface area contributed by atoms with E-state index >= 15 is 0 Å². The van der Waals surface area contributed by atoms with Crippen LogP contribution in [0.4, 0.5) is 0 Å². The van der Waals surface area contributed by atoms with Crippen LogP contribution in [0.1, 0.15) is 27.7 Å². The van der Waals surface area contributed by atoms with Crippen LogP contribution in [0.2, 0.25) is 0 Å². The molecule has 0 N–H and O–H groups in total. The summed E-state index contributed by atoms with van der Waals surface area (Å²) in [5.41, 5.74) is 1.08. The summed E-state index contributed by atoms with van der Waals surface area (Å²) in [5.74, 6) is 0.0370. The fraction of sp³-hybridized carbons (Fsp3) is 0.545. The van der Waals surface area contributed by atoms with Crippen LogP contribution in [0.5, 0.6) is 0 Å². The third-order valence-electron chi connectivity index (χ3n) is 2.53. The average Bonchev–Trinajstić information content (AvgIpc) is 2.00. The fourth-order valence-electron chi connectivity index (χ4n) is 1.77. The van der Waals surface area contributed by atoms with E-state index < -0.39 is 0 Å². The Kier molecular flexibility index (Phi) is 3.34. The Morgan fingerprint density at radius 1 is 1.36 bits per heavy atom. The Bertz CT molecular complexity index is 348. The summed E-state index contributed by atoms with van der Waals surface area (Å²) in [6.45, 7) is 8.20. The van der Waals surface area contributed by atoms with Crippen molar-refractivity contribution in [3.63, 3.8) is 0 Å². The normalized spacial score (nSPS) is 26.0. The van der Waals surface area contributed by atoms with Gasteiger partial charge in [0.15, 0.2) is 0 Å². The van der Waals surface area contributed by atoms with Gasteiger partial charge in [0.25, 0.3) is 0 Å². The highest BCUT2D eigenvalue weighted by Crippen LogP contribution is 2.34. The van der Waals surface area contributed by atoms with E-state index in [2.05, 4.69) is 19.9 Å². The second-order valence-corrected chi connectivity index (χ2v) is 5.84. The number of thiocarbonyl (C=S) groups is 3. The minimum absolute atomic E-state index is 0.0370. The lowest BCUT2D eigenvalue weighted by Crippen LogP contribution is -2.40. The van der Waals surface area contributed by atoms with Gasteiger partial charge in [0.2, 0.25) is 0 Å². The van der Waals surface area contributed by atoms with Crippen molar-refractivity contribution < 1.29 is 0 Å². The van der Waals surface area contributed by atoms with Crippen LogP contribution in [0.25, 0.3) is 0 Å². The third kappa shape index (κ3) is 2.00. The minimum Gasteiger partial charge on any atom is -0.0889 e. The zero-order valence-corrected chi connectivity index (χ0v) is 11.3. The molecule has 1 atom stereocenters. The molecule has 0 nitrogen and oxygen atoms in total. The quantitative estimate of drug-likeness (QED) is 0.643. The average molecular weight is 242 g/mol. The summed E-state index contributed by atoms with van der Waals surface area (Å²) < 4.78 is 0. The number of rotatable bonds is 1. The molecule has 1 aliphatic carbocycles. The Hall–Kier alpha value is 0.01000. The molecule has 0 aromatic heterocycles. The smallest absolute Gasteiger partial charge is 0.0577 e. The van der Waals surface area contributed by atoms with Crippen molar-refractivity contribution in [3.8, 4) is 0 Å². The Morgan fingerprint density at radius 3 is 2.29 bits per heavy atom. The lowest BCUT2D eigenvalue weighted by Gasteiger charge is -2.34. The molecule has 3 heteroatoms. The standard InChI is InChI=1S/C11H14S3/c1-6-5-11(3,4)10(14)8(7(2)12)9(6)13/h5,8H,1-4H3. The second-order valence-electron chi connectivity index (χ2n) is 4.32. The molecule has 1 unspecified atom stereocenters. The minimum atomic E-state index is -0.0630. The second kappa shape index (κ2) is 3.87. The van der Waals surface area contributed by atoms with Gasteiger partial charge < -0.3 is 0 Å². The molecule has 1 rings (SSSR count). The first-order valence-corrected chi connectivity index (χ1v) is 5.78. The predicted octanol–water partition coefficient (Wildman–Crippen LogP) is 3.72. The zero-order chi connectivity index (χ0) is 11.1. The van der Waals surface area contributed by atoms with E-state index in [1.54, 1.807) is 0 Å². The fourth-order valence-corrected chi connectivity index (χ4v) is 2.94. The third-order valence-corrected chi connectivity index (χ3v) is 4.09. The lowest BCUT2D eigenvalue weighted by atomic mass is 9.73. The van der Waals surface area contributed by atoms with Crippen LogP contribution in [-0.2, 0) is 0 Å². The molecule has 14 heavy (non-hydrogen) atoms. The summed E-state index contributed by atoms with van der Waals surface area (Å²) in [5, 5.41) is 0. The van der Waals surface area contributed by atoms with Crippen molar-refractivity contribution >= 4 is 51.2 Å². The number of allylic oxidation sites excluding steroid dienone is 2. The molecule has 0 aromatic carbocycles. The Morgan fingerprint density at radius 2 is 1.86 bits per heavy atom. The van der Waals surface area contributed by atoms with Crippen molar-refractivity contribution in [3.05, 3.63) is 11.6 Å². The first-order valence-electron chi connectivity index (χ1n) is 4.56. The summed E-state index contributed by atoms with van der Waals surface area (Å²) in [6, 6.07) is 0. The SMILES string of the molecule is CC(=S)C1C(=S)C(C)=CC(C)(C)C1=S. The van der Waals surface area contributed by atoms with Gasteiger partial charge in [-0.05, 0) is 19.4 Å². The van der Waals surface area contributed by atoms with Crippen molar-refractivity contribution in [2.24, 2.45) is 11.3 Å². The highest BCUT2D eigenvalue weighted by molar-refractivity contribution is 7.84. The van der Waals surface area contributed by atoms with Crippen LogP contribution < -0.4 is 0 Å². The summed E-state index contributed by atoms with van der Waals surface area (Å²) >= 11 is 16.0. The van der Waals surface area contributed by atoms with Gasteiger partial charge in [0.05, 0.1) is 5.92 Å². The lowest BCUT2D eigenvalue weighted by molar-refractivity contribution is 0.662. The summed E-state index contributed by atoms with van der Waals surface area (Å²) in [6.07, 6.45) is 2.15. The van der Waals surface area contributed by atoms with E-state index in [4.69, 9.17) is 36.7 Å². The van der Waals surface area contributed by atoms with Crippen LogP contribution in [0.15, 0.2) is 11.6 Å². The molecule has 1 aliphatic rings. The molecule has 0 spiro atoms. The molecule has 0 fully saturated rings. The van der Waals surface area contributed by atoms with Crippen molar-refractivity contribution in [2.45, 2.75) is 27.7 Å². The molecule has 0 aromatic rings. The molecular weight excluding hydrogens is 228 g/mol. The molecule has 0 saturated carbocycles. The maximum absolute atomic E-state index is 5.45. The molecule has 0 saturated heterocycles. The van der Waals surface area contributed by atoms with Gasteiger partial charge in [-0.2, -0.15) is 0 Å². The Labute approximate surface area is 102 Å². The summed E-state index contributed by atoms with van der Waals surface area (Å²) in [4.78, 5) is 2.75. The van der Waals surface area contributed by atoms with Gasteiger partial charge in [0, 0.05) is 20.0 Å². The number of hydrogen-bond acceptors (Lipinski definition) is 3. The van der Waals surface area contributed by atoms with Crippen molar-refractivity contribution in [2.75, 3.05) is 0 Å². The van der Waals surface area contributed by atoms with E-state index in [1.807, 2.05) is 13.8 Å². The van der Waals surface area contributed by atoms with E-state index in [0.717, 1.165) is 20.2 Å². The van der Waals surface area contributed by atoms with Crippen LogP contribution >= 0.6 is 36.7 Å². The van der Waals surface area contributed by atoms with Gasteiger partial charge in [-0.1, -0.05) is 56.6 Å². The molecule has 0 bridgehead atoms. The van der Waals surface area contributed by atoms with Gasteiger partial charge >= 0.3 is 0 Å². The van der Waals surface area contributed by atoms with Crippen molar-refractivity contribution in [1.82, 2.24) is 0 Å². The van der Waals surface area contributed by atoms with E-state index in [0.29, 0.717) is 0 Å². The monoisotopic (exact) mass is 242 g/mol. The first kappa shape index (κ1) is 12.1. The van der Waals surface area contributed by atoms with E-state index in [-0.39, 0.29) is 11.3 Å². The molecule has 76 valence electrons. The van der Waals surface area contributed by atoms with Crippen LogP contribution in [-0.4, -0.2) is 14.6 Å². The highest BCUT2D eigenvalue weighted by atomic mass is 32.1. The molecule has 0 amide bonds. The molecular formula is C11H14S3. The number of hydrogen-bond donors (Lipinski definition) is 0. The Balaban J connectivity index is 3.26. The van der Waals surface area contributed by atoms with Gasteiger partial charge in [0.1, 0.15) is 0 Å². The summed E-state index contributed by atoms with van der Waals surface area (Å²) in [7, 11) is 0. The largest absolute Gasteiger partial charge is 0.0889 e. The van der Waals surface area contributed by atoms with E-state index in [9.17, 15) is 0 Å². The van der Waals surface area contributed by atoms with Gasteiger partial charge in [-0.3, -0.25) is 0 Å². The van der Waals surface area contributed by atoms with Crippen LogP contribution in [0.3, 0.4) is 0 Å². The van der Waals surface area contributed by atoms with Gasteiger partial charge in [-0.25, -0.2) is 0 Å².